The van der Waals surface area contributed by atoms with Crippen LogP contribution in [0.25, 0.3) is 0 Å². The van der Waals surface area contributed by atoms with E-state index in [1.165, 1.54) is 0 Å². The van der Waals surface area contributed by atoms with Crippen LogP contribution in [0, 0.1) is 0 Å². The predicted octanol–water partition coefficient (Wildman–Crippen LogP) is 1.52. The van der Waals surface area contributed by atoms with E-state index in [4.69, 9.17) is 0 Å². The minimum Gasteiger partial charge on any atom is -0.366 e. The number of carbonyl (C=O) groups is 1. The smallest absolute Gasteiger partial charge is 0.146 e. The maximum absolute atomic E-state index is 10.7. The number of hydrogen-bond donors (Lipinski definition) is 1. The van der Waals surface area contributed by atoms with Gasteiger partial charge in [-0.25, -0.2) is 0 Å². The van der Waals surface area contributed by atoms with Crippen LogP contribution in [0.15, 0.2) is 4.99 Å². The molecule has 1 heterocycles. The molecular formula is C10H18N2O. The number of hydrogen-bond acceptors (Lipinski definition) is 3. The van der Waals surface area contributed by atoms with Crippen molar-refractivity contribution in [3.8, 4) is 0 Å². The quantitative estimate of drug-likeness (QED) is 0.670. The second kappa shape index (κ2) is 3.90. The maximum Gasteiger partial charge on any atom is 0.146 e. The summed E-state index contributed by atoms with van der Waals surface area (Å²) in [6, 6.07) is -0.209. The Kier molecular flexibility index (Phi) is 3.07. The van der Waals surface area contributed by atoms with Crippen LogP contribution < -0.4 is 5.32 Å². The average molecular weight is 182 g/mol. The minimum absolute atomic E-state index is 0.190. The van der Waals surface area contributed by atoms with Crippen molar-refractivity contribution in [2.45, 2.75) is 51.6 Å². The molecule has 1 N–H and O–H groups in total. The Morgan fingerprint density at radius 2 is 2.31 bits per heavy atom. The third-order valence-electron chi connectivity index (χ3n) is 2.40. The molecule has 0 saturated heterocycles. The van der Waals surface area contributed by atoms with Crippen LogP contribution >= 0.6 is 0 Å². The molecule has 1 aliphatic rings. The highest BCUT2D eigenvalue weighted by Crippen LogP contribution is 2.18. The summed E-state index contributed by atoms with van der Waals surface area (Å²) in [6.45, 7) is 6.17. The van der Waals surface area contributed by atoms with E-state index in [2.05, 4.69) is 17.2 Å². The van der Waals surface area contributed by atoms with Gasteiger partial charge in [-0.2, -0.15) is 0 Å². The Labute approximate surface area is 79.6 Å². The van der Waals surface area contributed by atoms with E-state index >= 15 is 0 Å². The van der Waals surface area contributed by atoms with Crippen molar-refractivity contribution in [1.82, 2.24) is 5.32 Å². The van der Waals surface area contributed by atoms with Crippen molar-refractivity contribution in [1.29, 1.82) is 0 Å². The zero-order valence-electron chi connectivity index (χ0n) is 8.63. The highest BCUT2D eigenvalue weighted by atomic mass is 16.1. The molecule has 0 aromatic heterocycles. The third-order valence-corrected chi connectivity index (χ3v) is 2.40. The molecule has 0 amide bonds. The molecule has 1 aliphatic heterocycles. The lowest BCUT2D eigenvalue weighted by atomic mass is 9.98. The van der Waals surface area contributed by atoms with Gasteiger partial charge >= 0.3 is 0 Å². The first-order chi connectivity index (χ1) is 6.10. The second-order valence-corrected chi connectivity index (χ2v) is 4.11. The average Bonchev–Trinajstić information content (AvgIpc) is 2.36. The molecule has 3 heteroatoms. The molecule has 1 atom stereocenters. The van der Waals surface area contributed by atoms with Gasteiger partial charge in [0.05, 0.1) is 11.4 Å². The van der Waals surface area contributed by atoms with Gasteiger partial charge in [0.1, 0.15) is 12.3 Å². The van der Waals surface area contributed by atoms with Gasteiger partial charge in [0.2, 0.25) is 0 Å². The minimum atomic E-state index is -0.209. The van der Waals surface area contributed by atoms with E-state index in [1.54, 1.807) is 0 Å². The van der Waals surface area contributed by atoms with Crippen LogP contribution in [0.4, 0.5) is 0 Å². The standard InChI is InChI=1S/C10H18N2O/c1-4-5-6-9-11-8(7-13)10(2,3)12-9/h7-8H,4-6H2,1-3H3,(H,11,12). The number of amidine groups is 1. The fraction of sp³-hybridized carbons (Fsp3) is 0.800. The first kappa shape index (κ1) is 10.2. The Bertz CT molecular complexity index is 221. The number of unbranched alkanes of at least 4 members (excludes halogenated alkanes) is 1. The molecule has 74 valence electrons. The molecule has 0 radical (unpaired) electrons. The van der Waals surface area contributed by atoms with Crippen molar-refractivity contribution < 1.29 is 4.79 Å². The van der Waals surface area contributed by atoms with Gasteiger partial charge in [-0.05, 0) is 20.3 Å². The van der Waals surface area contributed by atoms with Crippen molar-refractivity contribution >= 4 is 12.1 Å². The molecular weight excluding hydrogens is 164 g/mol. The molecule has 0 fully saturated rings. The summed E-state index contributed by atoms with van der Waals surface area (Å²) in [7, 11) is 0. The predicted molar refractivity (Wildman–Crippen MR) is 54.0 cm³/mol. The Morgan fingerprint density at radius 3 is 2.77 bits per heavy atom. The Balaban J connectivity index is 2.56. The number of rotatable bonds is 4. The van der Waals surface area contributed by atoms with Crippen molar-refractivity contribution in [3.05, 3.63) is 0 Å². The third kappa shape index (κ3) is 2.29. The van der Waals surface area contributed by atoms with Crippen LogP contribution in [0.3, 0.4) is 0 Å². The normalized spacial score (nSPS) is 25.2. The Hall–Kier alpha value is -0.860. The molecule has 0 bridgehead atoms. The number of aldehydes is 1. The second-order valence-electron chi connectivity index (χ2n) is 4.11. The van der Waals surface area contributed by atoms with Gasteiger partial charge in [0.25, 0.3) is 0 Å². The SMILES string of the molecule is CCCCC1=NC(C=O)C(C)(C)N1. The van der Waals surface area contributed by atoms with E-state index in [0.29, 0.717) is 0 Å². The molecule has 13 heavy (non-hydrogen) atoms. The highest BCUT2D eigenvalue weighted by molar-refractivity contribution is 5.88. The van der Waals surface area contributed by atoms with Crippen LogP contribution in [0.5, 0.6) is 0 Å². The lowest BCUT2D eigenvalue weighted by Crippen LogP contribution is -2.45. The summed E-state index contributed by atoms with van der Waals surface area (Å²) in [4.78, 5) is 15.0. The van der Waals surface area contributed by atoms with Gasteiger partial charge in [-0.15, -0.1) is 0 Å². The topological polar surface area (TPSA) is 41.5 Å². The summed E-state index contributed by atoms with van der Waals surface area (Å²) < 4.78 is 0. The summed E-state index contributed by atoms with van der Waals surface area (Å²) in [5, 5.41) is 3.28. The molecule has 1 unspecified atom stereocenters. The largest absolute Gasteiger partial charge is 0.366 e. The summed E-state index contributed by atoms with van der Waals surface area (Å²) in [5.41, 5.74) is -0.190. The van der Waals surface area contributed by atoms with E-state index in [0.717, 1.165) is 31.4 Å². The van der Waals surface area contributed by atoms with Crippen molar-refractivity contribution in [3.63, 3.8) is 0 Å². The van der Waals surface area contributed by atoms with Crippen LogP contribution in [0.1, 0.15) is 40.0 Å². The van der Waals surface area contributed by atoms with Crippen molar-refractivity contribution in [2.75, 3.05) is 0 Å². The first-order valence-electron chi connectivity index (χ1n) is 4.90. The molecule has 0 aromatic rings. The zero-order chi connectivity index (χ0) is 9.90. The van der Waals surface area contributed by atoms with Crippen LogP contribution in [0.2, 0.25) is 0 Å². The fourth-order valence-corrected chi connectivity index (χ4v) is 1.48. The molecule has 0 saturated carbocycles. The molecule has 1 rings (SSSR count). The van der Waals surface area contributed by atoms with Crippen molar-refractivity contribution in [2.24, 2.45) is 4.99 Å². The van der Waals surface area contributed by atoms with Gasteiger partial charge in [0.15, 0.2) is 0 Å². The molecule has 0 spiro atoms. The molecule has 0 aromatic carbocycles. The highest BCUT2D eigenvalue weighted by Gasteiger charge is 2.34. The van der Waals surface area contributed by atoms with E-state index in [9.17, 15) is 4.79 Å². The summed E-state index contributed by atoms with van der Waals surface area (Å²) in [5.74, 6) is 0.990. The van der Waals surface area contributed by atoms with E-state index in [-0.39, 0.29) is 11.6 Å². The zero-order valence-corrected chi connectivity index (χ0v) is 8.63. The fourth-order valence-electron chi connectivity index (χ4n) is 1.48. The van der Waals surface area contributed by atoms with Crippen LogP contribution in [-0.4, -0.2) is 23.7 Å². The first-order valence-corrected chi connectivity index (χ1v) is 4.90. The van der Waals surface area contributed by atoms with E-state index < -0.39 is 0 Å². The van der Waals surface area contributed by atoms with Gasteiger partial charge in [0, 0.05) is 6.42 Å². The van der Waals surface area contributed by atoms with E-state index in [1.807, 2.05) is 13.8 Å². The van der Waals surface area contributed by atoms with Gasteiger partial charge < -0.3 is 10.1 Å². The Morgan fingerprint density at radius 1 is 1.62 bits per heavy atom. The summed E-state index contributed by atoms with van der Waals surface area (Å²) >= 11 is 0. The lowest BCUT2D eigenvalue weighted by molar-refractivity contribution is -0.109. The number of carbonyl (C=O) groups excluding carboxylic acids is 1. The van der Waals surface area contributed by atoms with Gasteiger partial charge in [-0.1, -0.05) is 13.3 Å². The lowest BCUT2D eigenvalue weighted by Gasteiger charge is -2.22. The monoisotopic (exact) mass is 182 g/mol. The van der Waals surface area contributed by atoms with Crippen LogP contribution in [-0.2, 0) is 4.79 Å². The molecule has 3 nitrogen and oxygen atoms in total. The maximum atomic E-state index is 10.7. The number of nitrogens with zero attached hydrogens (tertiary/aromatic N) is 1. The number of nitrogens with one attached hydrogen (secondary N) is 1. The summed E-state index contributed by atoms with van der Waals surface area (Å²) in [6.07, 6.45) is 4.18. The number of aliphatic imine (C=N–C) groups is 1. The van der Waals surface area contributed by atoms with Gasteiger partial charge in [-0.3, -0.25) is 4.99 Å². The molecule has 0 aliphatic carbocycles.